The lowest BCUT2D eigenvalue weighted by Gasteiger charge is -1.99. The molecule has 0 fully saturated rings. The van der Waals surface area contributed by atoms with E-state index in [2.05, 4.69) is 9.97 Å². The molecule has 0 spiro atoms. The minimum absolute atomic E-state index is 0.408. The molecule has 1 heterocycles. The highest BCUT2D eigenvalue weighted by atomic mass is 127. The lowest BCUT2D eigenvalue weighted by atomic mass is 10.7. The van der Waals surface area contributed by atoms with Gasteiger partial charge in [0.25, 0.3) is 0 Å². The predicted octanol–water partition coefficient (Wildman–Crippen LogP) is 0.672. The summed E-state index contributed by atoms with van der Waals surface area (Å²) in [4.78, 5) is 7.80. The Labute approximate surface area is 72.0 Å². The number of halogens is 1. The Bertz CT molecular complexity index is 240. The molecule has 4 nitrogen and oxygen atoms in total. The Morgan fingerprint density at radius 3 is 2.90 bits per heavy atom. The average molecular weight is 251 g/mol. The van der Waals surface area contributed by atoms with Gasteiger partial charge in [-0.3, -0.25) is 0 Å². The van der Waals surface area contributed by atoms with Gasteiger partial charge in [-0.15, -0.1) is 0 Å². The monoisotopic (exact) mass is 251 g/mol. The maximum Gasteiger partial charge on any atom is 0.246 e. The number of aromatic nitrogens is 2. The van der Waals surface area contributed by atoms with Gasteiger partial charge in [0.15, 0.2) is 3.70 Å². The average Bonchev–Trinajstić information content (AvgIpc) is 1.88. The Kier molecular flexibility index (Phi) is 2.25. The zero-order valence-electron chi connectivity index (χ0n) is 5.34. The molecule has 1 rings (SSSR count). The Balaban J connectivity index is 3.07. The van der Waals surface area contributed by atoms with Crippen LogP contribution in [0.3, 0.4) is 0 Å². The van der Waals surface area contributed by atoms with Gasteiger partial charge in [0.05, 0.1) is 13.3 Å². The minimum atomic E-state index is 0.408. The van der Waals surface area contributed by atoms with Crippen LogP contribution in [-0.4, -0.2) is 17.1 Å². The molecule has 0 saturated heterocycles. The SMILES string of the molecule is COc1ncc(N)nc1I. The van der Waals surface area contributed by atoms with E-state index in [1.54, 1.807) is 7.11 Å². The van der Waals surface area contributed by atoms with E-state index >= 15 is 0 Å². The van der Waals surface area contributed by atoms with Crippen molar-refractivity contribution in [3.63, 3.8) is 0 Å². The van der Waals surface area contributed by atoms with E-state index in [1.165, 1.54) is 6.20 Å². The maximum absolute atomic E-state index is 5.35. The smallest absolute Gasteiger partial charge is 0.246 e. The standard InChI is InChI=1S/C5H6IN3O/c1-10-5-4(6)9-3(7)2-8-5/h2H,1H3,(H2,7,9). The third kappa shape index (κ3) is 1.47. The molecule has 0 amide bonds. The van der Waals surface area contributed by atoms with Crippen LogP contribution in [-0.2, 0) is 0 Å². The lowest BCUT2D eigenvalue weighted by Crippen LogP contribution is -1.97. The molecule has 5 heteroatoms. The number of nitrogens with two attached hydrogens (primary N) is 1. The summed E-state index contributed by atoms with van der Waals surface area (Å²) in [6, 6.07) is 0. The third-order valence-electron chi connectivity index (χ3n) is 0.911. The number of ether oxygens (including phenoxy) is 1. The van der Waals surface area contributed by atoms with Crippen LogP contribution in [0.2, 0.25) is 0 Å². The highest BCUT2D eigenvalue weighted by Gasteiger charge is 2.00. The number of anilines is 1. The molecule has 1 aromatic rings. The molecule has 0 aliphatic heterocycles. The van der Waals surface area contributed by atoms with E-state index in [0.717, 1.165) is 0 Å². The van der Waals surface area contributed by atoms with Crippen LogP contribution in [0.4, 0.5) is 5.82 Å². The van der Waals surface area contributed by atoms with Crippen LogP contribution in [0.25, 0.3) is 0 Å². The Hall–Kier alpha value is -0.590. The maximum atomic E-state index is 5.35. The summed E-state index contributed by atoms with van der Waals surface area (Å²) in [5.41, 5.74) is 5.35. The molecule has 1 aromatic heterocycles. The first-order chi connectivity index (χ1) is 4.74. The summed E-state index contributed by atoms with van der Waals surface area (Å²) in [5, 5.41) is 0. The van der Waals surface area contributed by atoms with Gasteiger partial charge >= 0.3 is 0 Å². The quantitative estimate of drug-likeness (QED) is 0.745. The van der Waals surface area contributed by atoms with Crippen molar-refractivity contribution in [2.75, 3.05) is 12.8 Å². The fraction of sp³-hybridized carbons (Fsp3) is 0.200. The number of rotatable bonds is 1. The molecule has 0 bridgehead atoms. The number of nitrogens with zero attached hydrogens (tertiary/aromatic N) is 2. The van der Waals surface area contributed by atoms with Crippen molar-refractivity contribution in [3.05, 3.63) is 9.90 Å². The third-order valence-corrected chi connectivity index (χ3v) is 1.61. The second-order valence-electron chi connectivity index (χ2n) is 1.59. The summed E-state index contributed by atoms with van der Waals surface area (Å²) in [5.74, 6) is 0.917. The highest BCUT2D eigenvalue weighted by molar-refractivity contribution is 14.1. The van der Waals surface area contributed by atoms with Gasteiger partial charge in [-0.2, -0.15) is 0 Å². The van der Waals surface area contributed by atoms with Gasteiger partial charge in [-0.05, 0) is 22.6 Å². The molecule has 0 atom stereocenters. The molecular formula is C5H6IN3O. The van der Waals surface area contributed by atoms with Crippen molar-refractivity contribution >= 4 is 28.4 Å². The Morgan fingerprint density at radius 1 is 1.70 bits per heavy atom. The minimum Gasteiger partial charge on any atom is -0.479 e. The van der Waals surface area contributed by atoms with Crippen molar-refractivity contribution in [2.45, 2.75) is 0 Å². The van der Waals surface area contributed by atoms with Crippen LogP contribution < -0.4 is 10.5 Å². The van der Waals surface area contributed by atoms with Gasteiger partial charge in [-0.1, -0.05) is 0 Å². The van der Waals surface area contributed by atoms with Crippen LogP contribution in [0, 0.1) is 3.70 Å². The number of nitrogen functional groups attached to an aromatic ring is 1. The predicted molar refractivity (Wildman–Crippen MR) is 45.7 cm³/mol. The van der Waals surface area contributed by atoms with E-state index in [9.17, 15) is 0 Å². The molecule has 0 saturated carbocycles. The van der Waals surface area contributed by atoms with Gasteiger partial charge < -0.3 is 10.5 Å². The Morgan fingerprint density at radius 2 is 2.40 bits per heavy atom. The van der Waals surface area contributed by atoms with Gasteiger partial charge in [0.1, 0.15) is 5.82 Å². The summed E-state index contributed by atoms with van der Waals surface area (Å²) >= 11 is 2.01. The second-order valence-corrected chi connectivity index (χ2v) is 2.62. The summed E-state index contributed by atoms with van der Waals surface area (Å²) in [6.45, 7) is 0. The normalized spacial score (nSPS) is 9.40. The molecule has 54 valence electrons. The fourth-order valence-corrected chi connectivity index (χ4v) is 1.14. The number of hydrogen-bond acceptors (Lipinski definition) is 4. The fourth-order valence-electron chi connectivity index (χ4n) is 0.505. The molecule has 0 aliphatic carbocycles. The van der Waals surface area contributed by atoms with Gasteiger partial charge in [0, 0.05) is 0 Å². The molecule has 10 heavy (non-hydrogen) atoms. The molecular weight excluding hydrogens is 245 g/mol. The first-order valence-electron chi connectivity index (χ1n) is 2.56. The van der Waals surface area contributed by atoms with Crippen LogP contribution >= 0.6 is 22.6 Å². The van der Waals surface area contributed by atoms with E-state index < -0.39 is 0 Å². The highest BCUT2D eigenvalue weighted by Crippen LogP contribution is 2.14. The summed E-state index contributed by atoms with van der Waals surface area (Å²) < 4.78 is 5.54. The summed E-state index contributed by atoms with van der Waals surface area (Å²) in [7, 11) is 1.54. The molecule has 0 aliphatic rings. The van der Waals surface area contributed by atoms with Crippen LogP contribution in [0.15, 0.2) is 6.20 Å². The number of hydrogen-bond donors (Lipinski definition) is 1. The van der Waals surface area contributed by atoms with Crippen molar-refractivity contribution in [1.82, 2.24) is 9.97 Å². The molecule has 0 radical (unpaired) electrons. The summed E-state index contributed by atoms with van der Waals surface area (Å²) in [6.07, 6.45) is 1.46. The zero-order chi connectivity index (χ0) is 7.56. The first-order valence-corrected chi connectivity index (χ1v) is 3.64. The van der Waals surface area contributed by atoms with E-state index in [4.69, 9.17) is 10.5 Å². The zero-order valence-corrected chi connectivity index (χ0v) is 7.49. The topological polar surface area (TPSA) is 61.0 Å². The van der Waals surface area contributed by atoms with Crippen molar-refractivity contribution in [2.24, 2.45) is 0 Å². The van der Waals surface area contributed by atoms with Crippen molar-refractivity contribution < 1.29 is 4.74 Å². The van der Waals surface area contributed by atoms with E-state index in [0.29, 0.717) is 15.4 Å². The van der Waals surface area contributed by atoms with E-state index in [-0.39, 0.29) is 0 Å². The van der Waals surface area contributed by atoms with Crippen LogP contribution in [0.1, 0.15) is 0 Å². The van der Waals surface area contributed by atoms with E-state index in [1.807, 2.05) is 22.6 Å². The molecule has 0 aromatic carbocycles. The lowest BCUT2D eigenvalue weighted by molar-refractivity contribution is 0.392. The molecule has 2 N–H and O–H groups in total. The second kappa shape index (κ2) is 3.00. The number of methoxy groups -OCH3 is 1. The van der Waals surface area contributed by atoms with Gasteiger partial charge in [0.2, 0.25) is 5.88 Å². The molecule has 0 unspecified atom stereocenters. The van der Waals surface area contributed by atoms with Crippen molar-refractivity contribution in [1.29, 1.82) is 0 Å². The van der Waals surface area contributed by atoms with Crippen molar-refractivity contribution in [3.8, 4) is 5.88 Å². The largest absolute Gasteiger partial charge is 0.479 e. The van der Waals surface area contributed by atoms with Gasteiger partial charge in [-0.25, -0.2) is 9.97 Å². The van der Waals surface area contributed by atoms with Crippen LogP contribution in [0.5, 0.6) is 5.88 Å². The first kappa shape index (κ1) is 7.52.